The van der Waals surface area contributed by atoms with Crippen molar-refractivity contribution in [3.05, 3.63) is 60.3 Å². The predicted molar refractivity (Wildman–Crippen MR) is 112 cm³/mol. The van der Waals surface area contributed by atoms with Crippen molar-refractivity contribution in [1.82, 2.24) is 14.5 Å². The molecule has 2 aromatic carbocycles. The van der Waals surface area contributed by atoms with Gasteiger partial charge in [0, 0.05) is 24.4 Å². The van der Waals surface area contributed by atoms with Crippen LogP contribution in [-0.2, 0) is 7.05 Å². The molecule has 0 bridgehead atoms. The van der Waals surface area contributed by atoms with Crippen LogP contribution in [0, 0.1) is 6.92 Å². The number of hydrogen-bond donors (Lipinski definition) is 1. The molecular formula is C22H22N4O2. The summed E-state index contributed by atoms with van der Waals surface area (Å²) in [5.74, 6) is 2.98. The summed E-state index contributed by atoms with van der Waals surface area (Å²) >= 11 is 0. The number of methoxy groups -OCH3 is 2. The van der Waals surface area contributed by atoms with Gasteiger partial charge in [0.05, 0.1) is 25.9 Å². The zero-order valence-corrected chi connectivity index (χ0v) is 16.4. The van der Waals surface area contributed by atoms with Crippen molar-refractivity contribution in [1.29, 1.82) is 0 Å². The lowest BCUT2D eigenvalue weighted by Gasteiger charge is -2.09. The second-order valence-electron chi connectivity index (χ2n) is 6.62. The highest BCUT2D eigenvalue weighted by molar-refractivity contribution is 5.83. The summed E-state index contributed by atoms with van der Waals surface area (Å²) in [6.07, 6.45) is 1.79. The third-order valence-corrected chi connectivity index (χ3v) is 4.70. The van der Waals surface area contributed by atoms with E-state index < -0.39 is 0 Å². The van der Waals surface area contributed by atoms with Gasteiger partial charge in [-0.1, -0.05) is 12.1 Å². The summed E-state index contributed by atoms with van der Waals surface area (Å²) in [4.78, 5) is 9.26. The maximum Gasteiger partial charge on any atom is 0.161 e. The van der Waals surface area contributed by atoms with Crippen LogP contribution in [0.25, 0.3) is 22.4 Å². The van der Waals surface area contributed by atoms with Crippen molar-refractivity contribution in [2.75, 3.05) is 19.5 Å². The van der Waals surface area contributed by atoms with Crippen LogP contribution in [0.15, 0.2) is 54.7 Å². The van der Waals surface area contributed by atoms with Gasteiger partial charge in [0.2, 0.25) is 0 Å². The van der Waals surface area contributed by atoms with E-state index in [1.807, 2.05) is 43.4 Å². The number of benzene rings is 2. The number of imidazole rings is 1. The van der Waals surface area contributed by atoms with Crippen molar-refractivity contribution in [2.45, 2.75) is 6.92 Å². The summed E-state index contributed by atoms with van der Waals surface area (Å²) < 4.78 is 12.8. The molecule has 28 heavy (non-hydrogen) atoms. The monoisotopic (exact) mass is 374 g/mol. The van der Waals surface area contributed by atoms with Gasteiger partial charge in [-0.15, -0.1) is 0 Å². The van der Waals surface area contributed by atoms with E-state index in [-0.39, 0.29) is 0 Å². The summed E-state index contributed by atoms with van der Waals surface area (Å²) in [6.45, 7) is 2.07. The van der Waals surface area contributed by atoms with E-state index in [1.165, 1.54) is 5.56 Å². The van der Waals surface area contributed by atoms with Gasteiger partial charge in [0.15, 0.2) is 11.5 Å². The second kappa shape index (κ2) is 7.23. The average molecular weight is 374 g/mol. The molecule has 0 aliphatic carbocycles. The largest absolute Gasteiger partial charge is 0.493 e. The Morgan fingerprint density at radius 2 is 1.79 bits per heavy atom. The highest BCUT2D eigenvalue weighted by Crippen LogP contribution is 2.33. The molecule has 0 saturated carbocycles. The summed E-state index contributed by atoms with van der Waals surface area (Å²) in [5, 5.41) is 3.36. The molecule has 4 rings (SSSR count). The van der Waals surface area contributed by atoms with Crippen LogP contribution in [0.3, 0.4) is 0 Å². The van der Waals surface area contributed by atoms with E-state index in [9.17, 15) is 0 Å². The molecule has 6 heteroatoms. The number of nitrogens with one attached hydrogen (secondary N) is 1. The number of fused-ring (bicyclic) bond motifs is 1. The number of aryl methyl sites for hydroxylation is 2. The van der Waals surface area contributed by atoms with E-state index in [0.717, 1.165) is 33.9 Å². The number of aromatic nitrogens is 3. The van der Waals surface area contributed by atoms with Crippen molar-refractivity contribution < 1.29 is 9.47 Å². The molecule has 0 saturated heterocycles. The molecule has 2 aromatic heterocycles. The van der Waals surface area contributed by atoms with Crippen LogP contribution in [-0.4, -0.2) is 28.8 Å². The first-order valence-corrected chi connectivity index (χ1v) is 8.97. The average Bonchev–Trinajstić information content (AvgIpc) is 3.03. The number of hydrogen-bond acceptors (Lipinski definition) is 5. The Balaban J connectivity index is 1.73. The minimum atomic E-state index is 0.673. The molecule has 0 amide bonds. The van der Waals surface area contributed by atoms with Crippen LogP contribution in [0.5, 0.6) is 11.5 Å². The zero-order chi connectivity index (χ0) is 19.7. The zero-order valence-electron chi connectivity index (χ0n) is 16.4. The highest BCUT2D eigenvalue weighted by Gasteiger charge is 2.14. The Labute approximate surface area is 163 Å². The minimum Gasteiger partial charge on any atom is -0.493 e. The summed E-state index contributed by atoms with van der Waals surface area (Å²) in [5.41, 5.74) is 4.98. The van der Waals surface area contributed by atoms with Crippen LogP contribution in [0.2, 0.25) is 0 Å². The maximum atomic E-state index is 5.42. The third kappa shape index (κ3) is 3.24. The summed E-state index contributed by atoms with van der Waals surface area (Å²) in [6, 6.07) is 16.0. The van der Waals surface area contributed by atoms with Crippen molar-refractivity contribution in [2.24, 2.45) is 7.05 Å². The first kappa shape index (κ1) is 17.9. The summed E-state index contributed by atoms with van der Waals surface area (Å²) in [7, 11) is 5.25. The first-order valence-electron chi connectivity index (χ1n) is 8.97. The Kier molecular flexibility index (Phi) is 4.61. The smallest absolute Gasteiger partial charge is 0.161 e. The van der Waals surface area contributed by atoms with E-state index in [2.05, 4.69) is 33.9 Å². The fraction of sp³-hybridized carbons (Fsp3) is 0.182. The van der Waals surface area contributed by atoms with Gasteiger partial charge in [-0.3, -0.25) is 0 Å². The van der Waals surface area contributed by atoms with Gasteiger partial charge >= 0.3 is 0 Å². The van der Waals surface area contributed by atoms with E-state index >= 15 is 0 Å². The van der Waals surface area contributed by atoms with Crippen LogP contribution >= 0.6 is 0 Å². The van der Waals surface area contributed by atoms with Crippen molar-refractivity contribution in [3.63, 3.8) is 0 Å². The second-order valence-corrected chi connectivity index (χ2v) is 6.62. The highest BCUT2D eigenvalue weighted by atomic mass is 16.5. The van der Waals surface area contributed by atoms with Crippen LogP contribution in [0.1, 0.15) is 5.56 Å². The van der Waals surface area contributed by atoms with Gasteiger partial charge < -0.3 is 19.4 Å². The van der Waals surface area contributed by atoms with Crippen molar-refractivity contribution in [3.8, 4) is 22.9 Å². The Bertz CT molecular complexity index is 1150. The third-order valence-electron chi connectivity index (χ3n) is 4.70. The molecule has 0 atom stereocenters. The number of nitrogens with zero attached hydrogens (tertiary/aromatic N) is 3. The van der Waals surface area contributed by atoms with E-state index in [1.54, 1.807) is 20.4 Å². The lowest BCUT2D eigenvalue weighted by Crippen LogP contribution is -1.96. The normalized spacial score (nSPS) is 10.9. The lowest BCUT2D eigenvalue weighted by molar-refractivity contribution is 0.355. The molecule has 2 heterocycles. The number of anilines is 2. The van der Waals surface area contributed by atoms with E-state index in [0.29, 0.717) is 11.5 Å². The minimum absolute atomic E-state index is 0.673. The maximum absolute atomic E-state index is 5.42. The molecule has 0 aliphatic heterocycles. The number of rotatable bonds is 5. The van der Waals surface area contributed by atoms with Crippen molar-refractivity contribution >= 4 is 22.5 Å². The molecule has 0 fully saturated rings. The predicted octanol–water partition coefficient (Wildman–Crippen LogP) is 4.70. The Morgan fingerprint density at radius 3 is 2.54 bits per heavy atom. The molecule has 0 spiro atoms. The fourth-order valence-electron chi connectivity index (χ4n) is 3.27. The Morgan fingerprint density at radius 1 is 0.964 bits per heavy atom. The molecule has 0 aliphatic rings. The number of ether oxygens (including phenoxy) is 2. The molecule has 142 valence electrons. The van der Waals surface area contributed by atoms with Crippen LogP contribution < -0.4 is 14.8 Å². The topological polar surface area (TPSA) is 61.2 Å². The molecule has 4 aromatic rings. The molecule has 0 unspecified atom stereocenters. The fourth-order valence-corrected chi connectivity index (χ4v) is 3.27. The first-order chi connectivity index (χ1) is 13.6. The van der Waals surface area contributed by atoms with Gasteiger partial charge in [-0.2, -0.15) is 0 Å². The molecule has 6 nitrogen and oxygen atoms in total. The molecule has 0 radical (unpaired) electrons. The van der Waals surface area contributed by atoms with Gasteiger partial charge in [0.25, 0.3) is 0 Å². The SMILES string of the molecule is COc1ccc(-c2nc3cnc(Nc4cccc(C)c4)cc3n2C)cc1OC. The molecular weight excluding hydrogens is 352 g/mol. The van der Waals surface area contributed by atoms with Crippen LogP contribution in [0.4, 0.5) is 11.5 Å². The standard InChI is InChI=1S/C22H22N4O2/c1-14-6-5-7-16(10-14)24-21-12-18-17(13-23-21)25-22(26(18)2)15-8-9-19(27-3)20(11-15)28-4/h5-13H,1-4H3,(H,23,24). The number of pyridine rings is 1. The quantitative estimate of drug-likeness (QED) is 0.548. The van der Waals surface area contributed by atoms with E-state index in [4.69, 9.17) is 14.5 Å². The van der Waals surface area contributed by atoms with Gasteiger partial charge in [-0.25, -0.2) is 9.97 Å². The Hall–Kier alpha value is -3.54. The lowest BCUT2D eigenvalue weighted by atomic mass is 10.2. The van der Waals surface area contributed by atoms with Gasteiger partial charge in [0.1, 0.15) is 17.2 Å². The van der Waals surface area contributed by atoms with Gasteiger partial charge in [-0.05, 0) is 42.8 Å². The molecule has 1 N–H and O–H groups in total.